The highest BCUT2D eigenvalue weighted by atomic mass is 35.5. The van der Waals surface area contributed by atoms with Crippen LogP contribution in [0.3, 0.4) is 0 Å². The number of carbonyl (C=O) groups excluding carboxylic acids is 1. The van der Waals surface area contributed by atoms with E-state index in [1.165, 1.54) is 23.0 Å². The van der Waals surface area contributed by atoms with Crippen LogP contribution in [-0.2, 0) is 4.79 Å². The Labute approximate surface area is 246 Å². The number of amides is 1. The van der Waals surface area contributed by atoms with Gasteiger partial charge < -0.3 is 9.80 Å². The lowest BCUT2D eigenvalue weighted by molar-refractivity contribution is -0.128. The van der Waals surface area contributed by atoms with Crippen molar-refractivity contribution in [1.82, 2.24) is 29.4 Å². The maximum atomic E-state index is 14.9. The van der Waals surface area contributed by atoms with E-state index in [1.54, 1.807) is 29.2 Å². The summed E-state index contributed by atoms with van der Waals surface area (Å²) in [5.74, 6) is -0.461. The molecule has 12 heteroatoms. The number of rotatable bonds is 5. The van der Waals surface area contributed by atoms with Crippen molar-refractivity contribution in [2.24, 2.45) is 0 Å². The summed E-state index contributed by atoms with van der Waals surface area (Å²) in [5, 5.41) is 0.674. The van der Waals surface area contributed by atoms with Gasteiger partial charge in [-0.15, -0.1) is 0 Å². The average Bonchev–Trinajstić information content (AvgIpc) is 2.94. The lowest BCUT2D eigenvalue weighted by atomic mass is 10.1. The van der Waals surface area contributed by atoms with Gasteiger partial charge in [-0.2, -0.15) is 4.98 Å². The molecule has 5 rings (SSSR count). The van der Waals surface area contributed by atoms with E-state index in [4.69, 9.17) is 28.2 Å². The number of aromatic nitrogens is 5. The predicted molar refractivity (Wildman–Crippen MR) is 158 cm³/mol. The number of anilines is 1. The highest BCUT2D eigenvalue weighted by Crippen LogP contribution is 2.37. The van der Waals surface area contributed by atoms with Gasteiger partial charge in [-0.25, -0.2) is 28.7 Å². The van der Waals surface area contributed by atoms with E-state index in [0.717, 1.165) is 0 Å². The van der Waals surface area contributed by atoms with Gasteiger partial charge in [0.2, 0.25) is 5.91 Å². The molecule has 1 saturated heterocycles. The number of hydrogen-bond acceptors (Lipinski definition) is 7. The molecule has 1 aliphatic heterocycles. The van der Waals surface area contributed by atoms with Crippen molar-refractivity contribution in [3.05, 3.63) is 81.5 Å². The fourth-order valence-corrected chi connectivity index (χ4v) is 5.69. The fourth-order valence-electron chi connectivity index (χ4n) is 5.21. The molecule has 4 heterocycles. The Bertz CT molecular complexity index is 1740. The van der Waals surface area contributed by atoms with Crippen LogP contribution in [-0.4, -0.2) is 60.5 Å². The highest BCUT2D eigenvalue weighted by molar-refractivity contribution is 6.34. The number of pyridine rings is 1. The first kappa shape index (κ1) is 28.6. The Hall–Kier alpha value is -3.89. The molecule has 0 aliphatic carbocycles. The number of hydrogen-bond donors (Lipinski definition) is 0. The molecule has 41 heavy (non-hydrogen) atoms. The molecule has 0 N–H and O–H groups in total. The SMILES string of the molecule is C=CC(=O)N1C[C@H](C)N(c2nc(=O)n(-c3c(Cl)ncnc3C(C)C)c3nc(-c4ccccc4F)c(Cl)cc23)C[C@H]1C. The summed E-state index contributed by atoms with van der Waals surface area (Å²) < 4.78 is 16.2. The van der Waals surface area contributed by atoms with Crippen LogP contribution in [0.1, 0.15) is 39.3 Å². The number of carbonyl (C=O) groups is 1. The number of nitrogens with zero attached hydrogens (tertiary/aromatic N) is 7. The van der Waals surface area contributed by atoms with Crippen LogP contribution in [0, 0.1) is 5.82 Å². The third-order valence-corrected chi connectivity index (χ3v) is 7.79. The quantitative estimate of drug-likeness (QED) is 0.224. The lowest BCUT2D eigenvalue weighted by Crippen LogP contribution is -2.58. The monoisotopic (exact) mass is 595 g/mol. The van der Waals surface area contributed by atoms with Gasteiger partial charge in [0, 0.05) is 30.7 Å². The maximum Gasteiger partial charge on any atom is 0.356 e. The van der Waals surface area contributed by atoms with Crippen molar-refractivity contribution in [2.75, 3.05) is 18.0 Å². The van der Waals surface area contributed by atoms with Crippen molar-refractivity contribution in [2.45, 2.75) is 45.7 Å². The van der Waals surface area contributed by atoms with E-state index in [2.05, 4.69) is 21.5 Å². The number of fused-ring (bicyclic) bond motifs is 1. The smallest absolute Gasteiger partial charge is 0.349 e. The minimum atomic E-state index is -0.662. The Morgan fingerprint density at radius 3 is 2.54 bits per heavy atom. The number of halogens is 3. The Morgan fingerprint density at radius 1 is 1.12 bits per heavy atom. The molecule has 1 aliphatic rings. The van der Waals surface area contributed by atoms with Crippen molar-refractivity contribution in [3.63, 3.8) is 0 Å². The van der Waals surface area contributed by atoms with E-state index in [-0.39, 0.29) is 56.7 Å². The minimum absolute atomic E-state index is 0.0457. The third kappa shape index (κ3) is 5.06. The van der Waals surface area contributed by atoms with E-state index in [0.29, 0.717) is 30.0 Å². The van der Waals surface area contributed by atoms with Gasteiger partial charge in [0.05, 0.1) is 21.8 Å². The third-order valence-electron chi connectivity index (χ3n) is 7.22. The summed E-state index contributed by atoms with van der Waals surface area (Å²) in [6.45, 7) is 12.1. The first-order valence-corrected chi connectivity index (χ1v) is 13.9. The van der Waals surface area contributed by atoms with Crippen LogP contribution in [0.5, 0.6) is 0 Å². The zero-order valence-electron chi connectivity index (χ0n) is 23.0. The molecule has 9 nitrogen and oxygen atoms in total. The second-order valence-corrected chi connectivity index (χ2v) is 11.1. The minimum Gasteiger partial charge on any atom is -0.349 e. The topological polar surface area (TPSA) is 97.1 Å². The van der Waals surface area contributed by atoms with Crippen LogP contribution in [0.2, 0.25) is 10.2 Å². The Morgan fingerprint density at radius 2 is 1.85 bits per heavy atom. The van der Waals surface area contributed by atoms with Crippen LogP contribution in [0.15, 0.2) is 54.1 Å². The van der Waals surface area contributed by atoms with Gasteiger partial charge in [-0.1, -0.05) is 55.8 Å². The molecular weight excluding hydrogens is 568 g/mol. The standard InChI is InChI=1S/C29H28Cl2FN7O2/c1-6-22(40)37-12-17(5)38(13-16(37)4)27-19-11-20(30)24(18-9-7-8-10-21(18)32)35-28(19)39(29(41)36-27)25-23(15(2)3)33-14-34-26(25)31/h6-11,14-17H,1,12-13H2,2-5H3/t16-,17+/m1/s1. The van der Waals surface area contributed by atoms with Crippen LogP contribution >= 0.6 is 23.2 Å². The summed E-state index contributed by atoms with van der Waals surface area (Å²) in [6.07, 6.45) is 2.62. The summed E-state index contributed by atoms with van der Waals surface area (Å²) in [6, 6.07) is 7.36. The molecule has 4 aromatic rings. The van der Waals surface area contributed by atoms with Gasteiger partial charge in [0.15, 0.2) is 10.8 Å². The highest BCUT2D eigenvalue weighted by Gasteiger charge is 2.34. The van der Waals surface area contributed by atoms with Crippen molar-refractivity contribution in [1.29, 1.82) is 0 Å². The maximum absolute atomic E-state index is 14.9. The van der Waals surface area contributed by atoms with Gasteiger partial charge >= 0.3 is 5.69 Å². The first-order chi connectivity index (χ1) is 19.5. The fraction of sp³-hybridized carbons (Fsp3) is 0.310. The van der Waals surface area contributed by atoms with E-state index < -0.39 is 11.5 Å². The van der Waals surface area contributed by atoms with Crippen molar-refractivity contribution in [3.8, 4) is 16.9 Å². The summed E-state index contributed by atoms with van der Waals surface area (Å²) in [5.41, 5.74) is 0.607. The molecule has 0 radical (unpaired) electrons. The lowest BCUT2D eigenvalue weighted by Gasteiger charge is -2.44. The molecule has 0 unspecified atom stereocenters. The Kier molecular flexibility index (Phi) is 7.80. The molecule has 1 aromatic carbocycles. The van der Waals surface area contributed by atoms with Crippen LogP contribution in [0.4, 0.5) is 10.2 Å². The van der Waals surface area contributed by atoms with Crippen molar-refractivity contribution < 1.29 is 9.18 Å². The molecule has 2 atom stereocenters. The zero-order valence-corrected chi connectivity index (χ0v) is 24.5. The van der Waals surface area contributed by atoms with E-state index >= 15 is 0 Å². The molecule has 3 aromatic heterocycles. The second-order valence-electron chi connectivity index (χ2n) is 10.3. The number of benzene rings is 1. The van der Waals surface area contributed by atoms with Crippen LogP contribution < -0.4 is 10.6 Å². The molecular formula is C29H28Cl2FN7O2. The normalized spacial score (nSPS) is 17.4. The van der Waals surface area contributed by atoms with Gasteiger partial charge in [0.25, 0.3) is 0 Å². The molecule has 212 valence electrons. The summed E-state index contributed by atoms with van der Waals surface area (Å²) in [7, 11) is 0. The summed E-state index contributed by atoms with van der Waals surface area (Å²) in [4.78, 5) is 47.8. The van der Waals surface area contributed by atoms with Gasteiger partial charge in [-0.05, 0) is 44.0 Å². The van der Waals surface area contributed by atoms with Gasteiger partial charge in [0.1, 0.15) is 23.6 Å². The summed E-state index contributed by atoms with van der Waals surface area (Å²) >= 11 is 13.3. The van der Waals surface area contributed by atoms with Crippen LogP contribution in [0.25, 0.3) is 28.0 Å². The van der Waals surface area contributed by atoms with E-state index in [9.17, 15) is 14.0 Å². The molecule has 1 fully saturated rings. The molecule has 0 bridgehead atoms. The Balaban J connectivity index is 1.83. The molecule has 1 amide bonds. The molecule has 0 saturated carbocycles. The zero-order chi connectivity index (χ0) is 29.6. The molecule has 0 spiro atoms. The predicted octanol–water partition coefficient (Wildman–Crippen LogP) is 5.42. The number of piperazine rings is 1. The van der Waals surface area contributed by atoms with Crippen molar-refractivity contribution >= 4 is 46.0 Å². The first-order valence-electron chi connectivity index (χ1n) is 13.1. The van der Waals surface area contributed by atoms with E-state index in [1.807, 2.05) is 32.6 Å². The average molecular weight is 596 g/mol. The second kappa shape index (κ2) is 11.2. The van der Waals surface area contributed by atoms with Gasteiger partial charge in [-0.3, -0.25) is 4.79 Å². The largest absolute Gasteiger partial charge is 0.356 e.